The Labute approximate surface area is 115 Å². The van der Waals surface area contributed by atoms with Gasteiger partial charge in [-0.1, -0.05) is 29.8 Å². The zero-order chi connectivity index (χ0) is 14.1. The van der Waals surface area contributed by atoms with E-state index in [-0.39, 0.29) is 11.7 Å². The van der Waals surface area contributed by atoms with Gasteiger partial charge in [0, 0.05) is 11.6 Å². The molecule has 2 aromatic carbocycles. The molecule has 0 spiro atoms. The standard InChI is InChI=1S/C16H12FN2O/c1-11-2-4-12(5-3-11)15-10-16(20)18-19(15)14-8-6-13(17)7-9-14/h2-10H,1H3. The number of benzene rings is 2. The fraction of sp³-hybridized carbons (Fsp3) is 0.0625. The first-order valence-electron chi connectivity index (χ1n) is 6.23. The average molecular weight is 267 g/mol. The summed E-state index contributed by atoms with van der Waals surface area (Å²) in [6.45, 7) is 2.00. The van der Waals surface area contributed by atoms with Crippen molar-refractivity contribution in [2.75, 3.05) is 0 Å². The van der Waals surface area contributed by atoms with Crippen LogP contribution in [0.1, 0.15) is 5.56 Å². The Morgan fingerprint density at radius 3 is 2.30 bits per heavy atom. The van der Waals surface area contributed by atoms with E-state index in [1.54, 1.807) is 12.1 Å². The molecule has 20 heavy (non-hydrogen) atoms. The zero-order valence-corrected chi connectivity index (χ0v) is 10.9. The highest BCUT2D eigenvalue weighted by Gasteiger charge is 2.12. The second kappa shape index (κ2) is 4.81. The van der Waals surface area contributed by atoms with Crippen molar-refractivity contribution in [2.24, 2.45) is 0 Å². The van der Waals surface area contributed by atoms with Crippen LogP contribution < -0.4 is 0 Å². The normalized spacial score (nSPS) is 10.7. The van der Waals surface area contributed by atoms with Crippen LogP contribution in [0.4, 0.5) is 4.39 Å². The van der Waals surface area contributed by atoms with E-state index in [4.69, 9.17) is 0 Å². The summed E-state index contributed by atoms with van der Waals surface area (Å²) in [4.78, 5) is 0. The second-order valence-electron chi connectivity index (χ2n) is 4.62. The molecule has 0 N–H and O–H groups in total. The Hall–Kier alpha value is -2.62. The molecule has 3 aromatic rings. The Bertz CT molecular complexity index is 667. The molecule has 0 unspecified atom stereocenters. The van der Waals surface area contributed by atoms with Crippen LogP contribution >= 0.6 is 0 Å². The molecule has 3 rings (SSSR count). The molecule has 99 valence electrons. The van der Waals surface area contributed by atoms with Gasteiger partial charge in [-0.05, 0) is 31.2 Å². The van der Waals surface area contributed by atoms with Crippen molar-refractivity contribution < 1.29 is 9.50 Å². The molecule has 0 fully saturated rings. The van der Waals surface area contributed by atoms with Gasteiger partial charge in [-0.25, -0.2) is 9.07 Å². The average Bonchev–Trinajstić information content (AvgIpc) is 2.82. The van der Waals surface area contributed by atoms with Gasteiger partial charge in [0.2, 0.25) is 0 Å². The largest absolute Gasteiger partial charge is 0.288 e. The van der Waals surface area contributed by atoms with Gasteiger partial charge in [-0.3, -0.25) is 5.11 Å². The highest BCUT2D eigenvalue weighted by molar-refractivity contribution is 5.63. The van der Waals surface area contributed by atoms with E-state index in [2.05, 4.69) is 5.10 Å². The molecule has 0 bridgehead atoms. The van der Waals surface area contributed by atoms with Gasteiger partial charge in [0.15, 0.2) is 0 Å². The van der Waals surface area contributed by atoms with Crippen molar-refractivity contribution in [3.63, 3.8) is 0 Å². The first-order chi connectivity index (χ1) is 9.63. The maximum absolute atomic E-state index is 13.0. The van der Waals surface area contributed by atoms with Gasteiger partial charge in [0.05, 0.1) is 11.4 Å². The maximum Gasteiger partial charge on any atom is 0.288 e. The fourth-order valence-corrected chi connectivity index (χ4v) is 2.07. The van der Waals surface area contributed by atoms with Crippen LogP contribution in [0.5, 0.6) is 5.88 Å². The fourth-order valence-electron chi connectivity index (χ4n) is 2.07. The van der Waals surface area contributed by atoms with E-state index in [1.165, 1.54) is 22.9 Å². The molecule has 0 aliphatic heterocycles. The number of hydrogen-bond donors (Lipinski definition) is 0. The molecule has 0 amide bonds. The Balaban J connectivity index is 2.12. The van der Waals surface area contributed by atoms with Crippen LogP contribution in [0.2, 0.25) is 0 Å². The first kappa shape index (κ1) is 12.4. The summed E-state index contributed by atoms with van der Waals surface area (Å²) >= 11 is 0. The Morgan fingerprint density at radius 1 is 1.00 bits per heavy atom. The highest BCUT2D eigenvalue weighted by Crippen LogP contribution is 2.27. The minimum Gasteiger partial charge on any atom is -0.266 e. The number of halogens is 1. The number of aryl methyl sites for hydroxylation is 1. The quantitative estimate of drug-likeness (QED) is 0.687. The molecule has 0 aliphatic rings. The van der Waals surface area contributed by atoms with E-state index in [0.29, 0.717) is 11.4 Å². The lowest BCUT2D eigenvalue weighted by Gasteiger charge is -2.07. The SMILES string of the molecule is Cc1ccc(-c2cc([O])nn2-c2ccc(F)cc2)cc1. The minimum atomic E-state index is -0.319. The van der Waals surface area contributed by atoms with Gasteiger partial charge < -0.3 is 0 Å². The molecule has 4 heteroatoms. The van der Waals surface area contributed by atoms with E-state index in [9.17, 15) is 9.50 Å². The number of aromatic nitrogens is 2. The number of nitrogens with zero attached hydrogens (tertiary/aromatic N) is 2. The minimum absolute atomic E-state index is 0.315. The molecule has 1 heterocycles. The lowest BCUT2D eigenvalue weighted by Crippen LogP contribution is -1.98. The predicted molar refractivity (Wildman–Crippen MR) is 73.8 cm³/mol. The third kappa shape index (κ3) is 2.28. The maximum atomic E-state index is 13.0. The van der Waals surface area contributed by atoms with Gasteiger partial charge in [-0.2, -0.15) is 0 Å². The molecular weight excluding hydrogens is 255 g/mol. The third-order valence-corrected chi connectivity index (χ3v) is 3.11. The lowest BCUT2D eigenvalue weighted by molar-refractivity contribution is 0.334. The summed E-state index contributed by atoms with van der Waals surface area (Å²) < 4.78 is 14.5. The van der Waals surface area contributed by atoms with Crippen molar-refractivity contribution in [2.45, 2.75) is 6.92 Å². The van der Waals surface area contributed by atoms with Gasteiger partial charge in [0.25, 0.3) is 5.88 Å². The van der Waals surface area contributed by atoms with Crippen LogP contribution in [0.3, 0.4) is 0 Å². The van der Waals surface area contributed by atoms with Crippen molar-refractivity contribution >= 4 is 0 Å². The monoisotopic (exact) mass is 267 g/mol. The predicted octanol–water partition coefficient (Wildman–Crippen LogP) is 4.13. The van der Waals surface area contributed by atoms with Crippen LogP contribution in [0.25, 0.3) is 16.9 Å². The molecule has 0 saturated heterocycles. The lowest BCUT2D eigenvalue weighted by atomic mass is 10.1. The molecule has 0 saturated carbocycles. The Kier molecular flexibility index (Phi) is 2.99. The third-order valence-electron chi connectivity index (χ3n) is 3.11. The molecule has 0 atom stereocenters. The highest BCUT2D eigenvalue weighted by atomic mass is 19.1. The molecule has 1 aromatic heterocycles. The first-order valence-corrected chi connectivity index (χ1v) is 6.23. The molecule has 0 aliphatic carbocycles. The molecule has 1 radical (unpaired) electrons. The van der Waals surface area contributed by atoms with Crippen LogP contribution in [-0.2, 0) is 5.11 Å². The van der Waals surface area contributed by atoms with Gasteiger partial charge >= 0.3 is 0 Å². The summed E-state index contributed by atoms with van der Waals surface area (Å²) in [5.74, 6) is -0.634. The van der Waals surface area contributed by atoms with Crippen molar-refractivity contribution in [1.82, 2.24) is 9.78 Å². The van der Waals surface area contributed by atoms with E-state index >= 15 is 0 Å². The zero-order valence-electron chi connectivity index (χ0n) is 10.9. The van der Waals surface area contributed by atoms with Gasteiger partial charge in [0.1, 0.15) is 5.82 Å². The molecular formula is C16H12FN2O. The van der Waals surface area contributed by atoms with Crippen LogP contribution in [0.15, 0.2) is 54.6 Å². The van der Waals surface area contributed by atoms with Crippen molar-refractivity contribution in [1.29, 1.82) is 0 Å². The number of rotatable bonds is 2. The van der Waals surface area contributed by atoms with Crippen LogP contribution in [-0.4, -0.2) is 9.78 Å². The molecule has 3 nitrogen and oxygen atoms in total. The number of hydrogen-bond acceptors (Lipinski definition) is 1. The van der Waals surface area contributed by atoms with E-state index < -0.39 is 0 Å². The Morgan fingerprint density at radius 2 is 1.65 bits per heavy atom. The van der Waals surface area contributed by atoms with Crippen molar-refractivity contribution in [3.05, 3.63) is 66.0 Å². The summed E-state index contributed by atoms with van der Waals surface area (Å²) in [5, 5.41) is 15.5. The van der Waals surface area contributed by atoms with Crippen LogP contribution in [0, 0.1) is 12.7 Å². The summed E-state index contributed by atoms with van der Waals surface area (Å²) in [5.41, 5.74) is 3.39. The van der Waals surface area contributed by atoms with E-state index in [0.717, 1.165) is 11.1 Å². The summed E-state index contributed by atoms with van der Waals surface area (Å²) in [7, 11) is 0. The topological polar surface area (TPSA) is 37.7 Å². The smallest absolute Gasteiger partial charge is 0.266 e. The summed E-state index contributed by atoms with van der Waals surface area (Å²) in [6.07, 6.45) is 0. The summed E-state index contributed by atoms with van der Waals surface area (Å²) in [6, 6.07) is 15.2. The van der Waals surface area contributed by atoms with Gasteiger partial charge in [-0.15, -0.1) is 5.10 Å². The second-order valence-corrected chi connectivity index (χ2v) is 4.62. The van der Waals surface area contributed by atoms with Crippen molar-refractivity contribution in [3.8, 4) is 22.8 Å². The van der Waals surface area contributed by atoms with E-state index in [1.807, 2.05) is 31.2 Å².